The smallest absolute Gasteiger partial charge is 0.271 e. The molecule has 0 aliphatic carbocycles. The van der Waals surface area contributed by atoms with Crippen LogP contribution in [0.5, 0.6) is 5.75 Å². The molecule has 0 radical (unpaired) electrons. The highest BCUT2D eigenvalue weighted by Crippen LogP contribution is 2.25. The average Bonchev–Trinajstić information content (AvgIpc) is 3.17. The Morgan fingerprint density at radius 2 is 2.07 bits per heavy atom. The van der Waals surface area contributed by atoms with Crippen LogP contribution in [0.1, 0.15) is 16.1 Å². The summed E-state index contributed by atoms with van der Waals surface area (Å²) in [6, 6.07) is 14.5. The number of nitro groups is 1. The third kappa shape index (κ3) is 4.55. The third-order valence-electron chi connectivity index (χ3n) is 3.74. The molecule has 1 N–H and O–H groups in total. The highest BCUT2D eigenvalue weighted by atomic mass is 127. The van der Waals surface area contributed by atoms with E-state index in [-0.39, 0.29) is 5.69 Å². The Kier molecular flexibility index (Phi) is 6.04. The van der Waals surface area contributed by atoms with E-state index in [9.17, 15) is 14.9 Å². The molecule has 2 aromatic carbocycles. The van der Waals surface area contributed by atoms with Crippen LogP contribution in [0.25, 0.3) is 11.3 Å². The van der Waals surface area contributed by atoms with E-state index < -0.39 is 10.8 Å². The van der Waals surface area contributed by atoms with E-state index in [0.29, 0.717) is 28.4 Å². The van der Waals surface area contributed by atoms with Gasteiger partial charge in [-0.3, -0.25) is 14.9 Å². The van der Waals surface area contributed by atoms with Crippen LogP contribution in [0.2, 0.25) is 0 Å². The summed E-state index contributed by atoms with van der Waals surface area (Å²) in [7, 11) is 1.53. The Morgan fingerprint density at radius 3 is 2.82 bits per heavy atom. The van der Waals surface area contributed by atoms with Gasteiger partial charge < -0.3 is 9.15 Å². The summed E-state index contributed by atoms with van der Waals surface area (Å²) in [5.74, 6) is 1.06. The lowest BCUT2D eigenvalue weighted by Gasteiger charge is -2.05. The fourth-order valence-electron chi connectivity index (χ4n) is 2.37. The van der Waals surface area contributed by atoms with Gasteiger partial charge in [-0.15, -0.1) is 0 Å². The van der Waals surface area contributed by atoms with Crippen LogP contribution in [-0.2, 0) is 0 Å². The number of carbonyl (C=O) groups is 1. The van der Waals surface area contributed by atoms with Crippen molar-refractivity contribution in [1.29, 1.82) is 0 Å². The number of halogens is 1. The summed E-state index contributed by atoms with van der Waals surface area (Å²) in [4.78, 5) is 22.6. The van der Waals surface area contributed by atoms with Crippen molar-refractivity contribution < 1.29 is 18.9 Å². The van der Waals surface area contributed by atoms with Gasteiger partial charge in [0.25, 0.3) is 11.6 Å². The summed E-state index contributed by atoms with van der Waals surface area (Å²) in [5.41, 5.74) is 3.37. The van der Waals surface area contributed by atoms with Crippen LogP contribution in [-0.4, -0.2) is 24.2 Å². The number of furan rings is 1. The van der Waals surface area contributed by atoms with E-state index >= 15 is 0 Å². The number of nitrogens with zero attached hydrogens (tertiary/aromatic N) is 2. The second kappa shape index (κ2) is 8.65. The van der Waals surface area contributed by atoms with Crippen LogP contribution in [0, 0.1) is 13.7 Å². The van der Waals surface area contributed by atoms with E-state index in [1.165, 1.54) is 25.5 Å². The van der Waals surface area contributed by atoms with Crippen LogP contribution in [0.15, 0.2) is 64.1 Å². The number of non-ortho nitro benzene ring substituents is 1. The minimum Gasteiger partial charge on any atom is -0.496 e. The third-order valence-corrected chi connectivity index (χ3v) is 4.63. The van der Waals surface area contributed by atoms with E-state index in [1.807, 2.05) is 0 Å². The fourth-order valence-corrected chi connectivity index (χ4v) is 2.93. The monoisotopic (exact) mass is 491 g/mol. The van der Waals surface area contributed by atoms with Crippen molar-refractivity contribution >= 4 is 40.4 Å². The zero-order valence-electron chi connectivity index (χ0n) is 14.6. The van der Waals surface area contributed by atoms with E-state index in [4.69, 9.17) is 9.15 Å². The van der Waals surface area contributed by atoms with Gasteiger partial charge in [-0.1, -0.05) is 12.1 Å². The first-order valence-electron chi connectivity index (χ1n) is 7.99. The molecule has 8 nitrogen and oxygen atoms in total. The number of hydrazone groups is 1. The molecular weight excluding hydrogens is 477 g/mol. The first-order chi connectivity index (χ1) is 13.5. The number of nitrogens with one attached hydrogen (secondary N) is 1. The number of amides is 1. The largest absolute Gasteiger partial charge is 0.496 e. The molecule has 0 unspecified atom stereocenters. The van der Waals surface area contributed by atoms with Crippen molar-refractivity contribution in [1.82, 2.24) is 5.43 Å². The number of rotatable bonds is 6. The standard InChI is InChI=1S/C19H14IN3O5/c1-27-18-10-13(5-7-16(18)20)19(24)22-21-11-15-6-8-17(28-15)12-3-2-4-14(9-12)23(25)26/h2-11H,1H3,(H,22,24)/b21-11-. The maximum Gasteiger partial charge on any atom is 0.271 e. The average molecular weight is 491 g/mol. The zero-order chi connectivity index (χ0) is 20.1. The van der Waals surface area contributed by atoms with Gasteiger partial charge in [-0.2, -0.15) is 5.10 Å². The van der Waals surface area contributed by atoms with E-state index in [2.05, 4.69) is 33.1 Å². The molecule has 0 atom stereocenters. The van der Waals surface area contributed by atoms with E-state index in [0.717, 1.165) is 3.57 Å². The van der Waals surface area contributed by atoms with Crippen LogP contribution >= 0.6 is 22.6 Å². The molecule has 0 saturated carbocycles. The summed E-state index contributed by atoms with van der Waals surface area (Å²) < 4.78 is 11.7. The number of nitro benzene ring substituents is 1. The lowest BCUT2D eigenvalue weighted by atomic mass is 10.1. The molecule has 1 amide bonds. The van der Waals surface area contributed by atoms with Crippen molar-refractivity contribution in [2.45, 2.75) is 0 Å². The molecule has 0 bridgehead atoms. The van der Waals surface area contributed by atoms with Crippen LogP contribution in [0.3, 0.4) is 0 Å². The van der Waals surface area contributed by atoms with Crippen molar-refractivity contribution in [3.63, 3.8) is 0 Å². The number of hydrogen-bond acceptors (Lipinski definition) is 6. The predicted molar refractivity (Wildman–Crippen MR) is 112 cm³/mol. The van der Waals surface area contributed by atoms with Crippen molar-refractivity contribution in [3.05, 3.63) is 79.6 Å². The molecule has 28 heavy (non-hydrogen) atoms. The van der Waals surface area contributed by atoms with E-state index in [1.54, 1.807) is 42.5 Å². The Bertz CT molecular complexity index is 1060. The second-order valence-electron chi connectivity index (χ2n) is 5.56. The highest BCUT2D eigenvalue weighted by molar-refractivity contribution is 14.1. The Labute approximate surface area is 173 Å². The molecule has 142 valence electrons. The topological polar surface area (TPSA) is 107 Å². The number of benzene rings is 2. The summed E-state index contributed by atoms with van der Waals surface area (Å²) in [6.45, 7) is 0. The van der Waals surface area contributed by atoms with Crippen LogP contribution < -0.4 is 10.2 Å². The molecule has 3 rings (SSSR count). The van der Waals surface area contributed by atoms with Gasteiger partial charge >= 0.3 is 0 Å². The molecule has 3 aromatic rings. The van der Waals surface area contributed by atoms with Crippen molar-refractivity contribution in [2.24, 2.45) is 5.10 Å². The minimum absolute atomic E-state index is 0.0238. The Balaban J connectivity index is 1.68. The van der Waals surface area contributed by atoms with Crippen molar-refractivity contribution in [3.8, 4) is 17.1 Å². The normalized spacial score (nSPS) is 10.8. The Hall–Kier alpha value is -3.21. The quantitative estimate of drug-likeness (QED) is 0.240. The molecule has 0 aliphatic heterocycles. The number of methoxy groups -OCH3 is 1. The summed E-state index contributed by atoms with van der Waals surface area (Å²) in [5, 5.41) is 14.8. The maximum atomic E-state index is 12.2. The van der Waals surface area contributed by atoms with Gasteiger partial charge in [0, 0.05) is 23.3 Å². The number of hydrogen-bond donors (Lipinski definition) is 1. The van der Waals surface area contributed by atoms with Crippen LogP contribution in [0.4, 0.5) is 5.69 Å². The van der Waals surface area contributed by atoms with Gasteiger partial charge in [-0.05, 0) is 52.9 Å². The molecule has 0 aliphatic rings. The van der Waals surface area contributed by atoms with Gasteiger partial charge in [0.15, 0.2) is 0 Å². The Morgan fingerprint density at radius 1 is 1.25 bits per heavy atom. The predicted octanol–water partition coefficient (Wildman–Crippen LogP) is 4.23. The number of carbonyl (C=O) groups excluding carboxylic acids is 1. The lowest BCUT2D eigenvalue weighted by Crippen LogP contribution is -2.17. The molecule has 9 heteroatoms. The van der Waals surface area contributed by atoms with Gasteiger partial charge in [0.1, 0.15) is 17.3 Å². The van der Waals surface area contributed by atoms with Gasteiger partial charge in [-0.25, -0.2) is 5.43 Å². The summed E-state index contributed by atoms with van der Waals surface area (Å²) >= 11 is 2.11. The van der Waals surface area contributed by atoms with Gasteiger partial charge in [0.05, 0.1) is 21.8 Å². The molecule has 0 saturated heterocycles. The van der Waals surface area contributed by atoms with Gasteiger partial charge in [0.2, 0.25) is 0 Å². The van der Waals surface area contributed by atoms with Crippen molar-refractivity contribution in [2.75, 3.05) is 7.11 Å². The fraction of sp³-hybridized carbons (Fsp3) is 0.0526. The lowest BCUT2D eigenvalue weighted by molar-refractivity contribution is -0.384. The SMILES string of the molecule is COc1cc(C(=O)N/N=C\c2ccc(-c3cccc([N+](=O)[O-])c3)o2)ccc1I. The molecule has 1 heterocycles. The minimum atomic E-state index is -0.468. The number of ether oxygens (including phenoxy) is 1. The maximum absolute atomic E-state index is 12.2. The molecular formula is C19H14IN3O5. The zero-order valence-corrected chi connectivity index (χ0v) is 16.7. The highest BCUT2D eigenvalue weighted by Gasteiger charge is 2.10. The molecule has 1 aromatic heterocycles. The second-order valence-corrected chi connectivity index (χ2v) is 6.72. The summed E-state index contributed by atoms with van der Waals surface area (Å²) in [6.07, 6.45) is 1.35. The molecule has 0 fully saturated rings. The first-order valence-corrected chi connectivity index (χ1v) is 9.07. The molecule has 0 spiro atoms. The first kappa shape index (κ1) is 19.5.